The molecular weight excluding hydrogens is 665 g/mol. The van der Waals surface area contributed by atoms with Crippen molar-refractivity contribution in [2.75, 3.05) is 9.80 Å². The van der Waals surface area contributed by atoms with Crippen LogP contribution in [0.25, 0.3) is 38.6 Å². The van der Waals surface area contributed by atoms with E-state index in [1.807, 2.05) is 0 Å². The molecule has 2 aliphatic heterocycles. The molecule has 0 spiro atoms. The third-order valence-corrected chi connectivity index (χ3v) is 11.8. The van der Waals surface area contributed by atoms with Crippen molar-refractivity contribution in [3.63, 3.8) is 0 Å². The zero-order valence-electron chi connectivity index (χ0n) is 31.2. The summed E-state index contributed by atoms with van der Waals surface area (Å²) in [6, 6.07) is 65.2. The van der Waals surface area contributed by atoms with Gasteiger partial charge in [0.1, 0.15) is 0 Å². The Kier molecular flexibility index (Phi) is 6.99. The van der Waals surface area contributed by atoms with Crippen molar-refractivity contribution in [2.24, 2.45) is 0 Å². The molecule has 0 saturated carbocycles. The Hall–Kier alpha value is -6.78. The topological polar surface area (TPSA) is 11.4 Å². The number of fused-ring (bicyclic) bond motifs is 7. The lowest BCUT2D eigenvalue weighted by Gasteiger charge is -2.44. The van der Waals surface area contributed by atoms with Gasteiger partial charge in [0, 0.05) is 50.6 Å². The number of rotatable bonds is 4. The van der Waals surface area contributed by atoms with Crippen molar-refractivity contribution in [1.82, 2.24) is 4.57 Å². The summed E-state index contributed by atoms with van der Waals surface area (Å²) in [4.78, 5) is 5.01. The van der Waals surface area contributed by atoms with Gasteiger partial charge in [0.05, 0.1) is 11.0 Å². The number of anilines is 6. The summed E-state index contributed by atoms with van der Waals surface area (Å²) >= 11 is 0. The SMILES string of the molecule is Cc1cc(C)c(-c2cc3c4c(c2)N(c2ccccc2)c2ccc(-n5c6ccccc6c6ccccc65)cc2B4c2ccccc2N3c2ccccc2)c(C)c1. The van der Waals surface area contributed by atoms with Gasteiger partial charge in [0.2, 0.25) is 0 Å². The van der Waals surface area contributed by atoms with E-state index in [0.29, 0.717) is 0 Å². The number of hydrogen-bond donors (Lipinski definition) is 0. The molecule has 0 N–H and O–H groups in total. The van der Waals surface area contributed by atoms with E-state index >= 15 is 0 Å². The van der Waals surface area contributed by atoms with Crippen LogP contribution >= 0.6 is 0 Å². The van der Waals surface area contributed by atoms with Gasteiger partial charge in [-0.05, 0) is 132 Å². The van der Waals surface area contributed by atoms with Gasteiger partial charge in [-0.1, -0.05) is 109 Å². The number of para-hydroxylation sites is 5. The van der Waals surface area contributed by atoms with E-state index in [2.05, 4.69) is 211 Å². The standard InChI is InChI=1S/C51H38BN3/c1-33-28-34(2)50(35(3)29-33)36-30-48-51-49(31-36)54(38-18-8-5-9-19-38)47-27-26-39(55-44-23-13-10-20-40(44)41-21-11-14-24-45(41)55)32-43(47)52(51)42-22-12-15-25-46(42)53(48)37-16-6-4-7-17-37/h4-32H,1-3H3. The number of benzene rings is 8. The fourth-order valence-electron chi connectivity index (χ4n) is 9.77. The summed E-state index contributed by atoms with van der Waals surface area (Å²) in [6.07, 6.45) is 0. The molecule has 260 valence electrons. The van der Waals surface area contributed by atoms with Crippen LogP contribution in [0.1, 0.15) is 16.7 Å². The van der Waals surface area contributed by atoms with Crippen LogP contribution < -0.4 is 26.2 Å². The molecule has 2 aliphatic rings. The lowest BCUT2D eigenvalue weighted by atomic mass is 9.33. The first kappa shape index (κ1) is 31.7. The molecule has 55 heavy (non-hydrogen) atoms. The van der Waals surface area contributed by atoms with Crippen LogP contribution in [0.15, 0.2) is 176 Å². The quantitative estimate of drug-likeness (QED) is 0.169. The largest absolute Gasteiger partial charge is 0.311 e. The first-order valence-corrected chi connectivity index (χ1v) is 19.2. The maximum absolute atomic E-state index is 2.51. The Balaban J connectivity index is 1.26. The molecule has 8 aromatic carbocycles. The van der Waals surface area contributed by atoms with Crippen LogP contribution in [0.4, 0.5) is 34.1 Å². The van der Waals surface area contributed by atoms with E-state index in [0.717, 1.165) is 11.4 Å². The molecule has 0 unspecified atom stereocenters. The van der Waals surface area contributed by atoms with E-state index in [9.17, 15) is 0 Å². The van der Waals surface area contributed by atoms with Crippen molar-refractivity contribution in [2.45, 2.75) is 20.8 Å². The van der Waals surface area contributed by atoms with Crippen LogP contribution in [0.5, 0.6) is 0 Å². The molecule has 0 atom stereocenters. The van der Waals surface area contributed by atoms with Gasteiger partial charge in [-0.25, -0.2) is 0 Å². The molecule has 4 heteroatoms. The first-order chi connectivity index (χ1) is 27.0. The van der Waals surface area contributed by atoms with E-state index in [4.69, 9.17) is 0 Å². The van der Waals surface area contributed by atoms with Crippen molar-refractivity contribution in [3.05, 3.63) is 193 Å². The lowest BCUT2D eigenvalue weighted by Crippen LogP contribution is -2.61. The van der Waals surface area contributed by atoms with Gasteiger partial charge >= 0.3 is 0 Å². The van der Waals surface area contributed by atoms with E-state index in [1.165, 1.54) is 94.4 Å². The number of nitrogens with zero attached hydrogens (tertiary/aromatic N) is 3. The van der Waals surface area contributed by atoms with E-state index < -0.39 is 0 Å². The minimum Gasteiger partial charge on any atom is -0.311 e. The molecule has 0 fully saturated rings. The number of hydrogen-bond acceptors (Lipinski definition) is 2. The second-order valence-electron chi connectivity index (χ2n) is 15.1. The molecule has 0 amide bonds. The Morgan fingerprint density at radius 3 is 1.51 bits per heavy atom. The lowest BCUT2D eigenvalue weighted by molar-refractivity contribution is 1.18. The molecule has 0 bridgehead atoms. The van der Waals surface area contributed by atoms with Gasteiger partial charge in [0.25, 0.3) is 6.71 Å². The predicted octanol–water partition coefficient (Wildman–Crippen LogP) is 11.5. The average molecular weight is 704 g/mol. The normalized spacial score (nSPS) is 12.9. The molecule has 0 radical (unpaired) electrons. The highest BCUT2D eigenvalue weighted by Gasteiger charge is 2.43. The zero-order chi connectivity index (χ0) is 36.8. The molecule has 0 saturated heterocycles. The number of aromatic nitrogens is 1. The summed E-state index contributed by atoms with van der Waals surface area (Å²) in [6.45, 7) is 6.72. The Labute approximate surface area is 322 Å². The minimum absolute atomic E-state index is 0.0124. The van der Waals surface area contributed by atoms with Crippen LogP contribution in [0.3, 0.4) is 0 Å². The van der Waals surface area contributed by atoms with Crippen LogP contribution in [-0.2, 0) is 0 Å². The highest BCUT2D eigenvalue weighted by molar-refractivity contribution is 7.00. The maximum atomic E-state index is 2.51. The molecule has 1 aromatic heterocycles. The van der Waals surface area contributed by atoms with Gasteiger partial charge in [0.15, 0.2) is 0 Å². The zero-order valence-corrected chi connectivity index (χ0v) is 31.2. The van der Waals surface area contributed by atoms with E-state index in [-0.39, 0.29) is 6.71 Å². The highest BCUT2D eigenvalue weighted by atomic mass is 15.2. The monoisotopic (exact) mass is 703 g/mol. The predicted molar refractivity (Wildman–Crippen MR) is 234 cm³/mol. The van der Waals surface area contributed by atoms with E-state index in [1.54, 1.807) is 0 Å². The first-order valence-electron chi connectivity index (χ1n) is 19.2. The van der Waals surface area contributed by atoms with Crippen molar-refractivity contribution >= 4 is 79.0 Å². The summed E-state index contributed by atoms with van der Waals surface area (Å²) in [5.41, 5.74) is 21.1. The second kappa shape index (κ2) is 12.1. The van der Waals surface area contributed by atoms with Crippen LogP contribution in [0, 0.1) is 20.8 Å². The van der Waals surface area contributed by atoms with Gasteiger partial charge in [-0.3, -0.25) is 0 Å². The van der Waals surface area contributed by atoms with Gasteiger partial charge < -0.3 is 14.4 Å². The van der Waals surface area contributed by atoms with Gasteiger partial charge in [-0.2, -0.15) is 0 Å². The Morgan fingerprint density at radius 2 is 0.909 bits per heavy atom. The fourth-order valence-corrected chi connectivity index (χ4v) is 9.77. The molecule has 3 nitrogen and oxygen atoms in total. The summed E-state index contributed by atoms with van der Waals surface area (Å²) < 4.78 is 2.45. The highest BCUT2D eigenvalue weighted by Crippen LogP contribution is 2.47. The minimum atomic E-state index is 0.0124. The molecule has 3 heterocycles. The summed E-state index contributed by atoms with van der Waals surface area (Å²) in [5.74, 6) is 0. The average Bonchev–Trinajstić information content (AvgIpc) is 3.55. The third kappa shape index (κ3) is 4.71. The molecule has 11 rings (SSSR count). The Bertz CT molecular complexity index is 2890. The van der Waals surface area contributed by atoms with Crippen molar-refractivity contribution in [3.8, 4) is 16.8 Å². The number of aryl methyl sites for hydroxylation is 3. The van der Waals surface area contributed by atoms with Crippen molar-refractivity contribution in [1.29, 1.82) is 0 Å². The maximum Gasteiger partial charge on any atom is 0.252 e. The second-order valence-corrected chi connectivity index (χ2v) is 15.1. The molecule has 0 aliphatic carbocycles. The molecule has 9 aromatic rings. The molecular formula is C51H38BN3. The smallest absolute Gasteiger partial charge is 0.252 e. The van der Waals surface area contributed by atoms with Gasteiger partial charge in [-0.15, -0.1) is 0 Å². The van der Waals surface area contributed by atoms with Crippen LogP contribution in [-0.4, -0.2) is 11.3 Å². The van der Waals surface area contributed by atoms with Crippen molar-refractivity contribution < 1.29 is 0 Å². The van der Waals surface area contributed by atoms with Crippen LogP contribution in [0.2, 0.25) is 0 Å². The fraction of sp³-hybridized carbons (Fsp3) is 0.0588. The summed E-state index contributed by atoms with van der Waals surface area (Å²) in [7, 11) is 0. The third-order valence-electron chi connectivity index (χ3n) is 11.8. The summed E-state index contributed by atoms with van der Waals surface area (Å²) in [5, 5.41) is 2.54. The Morgan fingerprint density at radius 1 is 0.400 bits per heavy atom.